The Morgan fingerprint density at radius 1 is 0.872 bits per heavy atom. The molecule has 0 bridgehead atoms. The number of carboxylic acids is 1. The summed E-state index contributed by atoms with van der Waals surface area (Å²) in [7, 11) is 0. The number of para-hydroxylation sites is 2. The molecule has 240 valence electrons. The summed E-state index contributed by atoms with van der Waals surface area (Å²) in [6.45, 7) is 2.70. The first-order valence-electron chi connectivity index (χ1n) is 16.9. The maximum atomic E-state index is 13.2. The highest BCUT2D eigenvalue weighted by Gasteiger charge is 2.54. The summed E-state index contributed by atoms with van der Waals surface area (Å²) >= 11 is 0. The van der Waals surface area contributed by atoms with Crippen LogP contribution in [0.25, 0.3) is 0 Å². The SMILES string of the molecule is C[C@]12CC[C@@H]3c4ccc(OC(=O)c5ccc(C(CCN(c6ccccc6)c6ccccc6)C(=O)O)cc5)cc4CC[C@H]3[C@@H]1CCC2=O. The Morgan fingerprint density at radius 3 is 2.21 bits per heavy atom. The fraction of sp³-hybridized carbons (Fsp3) is 0.341. The minimum absolute atomic E-state index is 0.140. The van der Waals surface area contributed by atoms with Gasteiger partial charge in [0.15, 0.2) is 0 Å². The number of benzene rings is 4. The minimum Gasteiger partial charge on any atom is -0.481 e. The second kappa shape index (κ2) is 12.8. The van der Waals surface area contributed by atoms with E-state index in [1.807, 2.05) is 72.8 Å². The maximum Gasteiger partial charge on any atom is 0.343 e. The van der Waals surface area contributed by atoms with Crippen LogP contribution in [0.15, 0.2) is 103 Å². The molecule has 3 aliphatic carbocycles. The number of aryl methyl sites for hydroxylation is 1. The largest absolute Gasteiger partial charge is 0.481 e. The Balaban J connectivity index is 1.02. The van der Waals surface area contributed by atoms with Crippen molar-refractivity contribution in [2.45, 2.75) is 63.7 Å². The predicted octanol–water partition coefficient (Wildman–Crippen LogP) is 8.73. The third-order valence-electron chi connectivity index (χ3n) is 11.2. The lowest BCUT2D eigenvalue weighted by Crippen LogP contribution is -2.42. The maximum absolute atomic E-state index is 13.2. The van der Waals surface area contributed by atoms with Crippen LogP contribution in [0, 0.1) is 17.3 Å². The number of Topliss-reactive ketones (excluding diaryl/α,β-unsaturated/α-hetero) is 1. The molecular weight excluding hydrogens is 586 g/mol. The number of fused-ring (bicyclic) bond motifs is 5. The number of anilines is 2. The number of esters is 1. The molecule has 0 radical (unpaired) electrons. The van der Waals surface area contributed by atoms with Crippen LogP contribution in [0.4, 0.5) is 11.4 Å². The molecule has 4 aromatic carbocycles. The van der Waals surface area contributed by atoms with Crippen LogP contribution in [0.1, 0.15) is 84.3 Å². The lowest BCUT2D eigenvalue weighted by atomic mass is 9.55. The zero-order valence-electron chi connectivity index (χ0n) is 26.8. The summed E-state index contributed by atoms with van der Waals surface area (Å²) in [5.74, 6) is 0.378. The van der Waals surface area contributed by atoms with Gasteiger partial charge in [0, 0.05) is 29.8 Å². The molecule has 2 saturated carbocycles. The average Bonchev–Trinajstić information content (AvgIpc) is 3.41. The second-order valence-electron chi connectivity index (χ2n) is 13.7. The van der Waals surface area contributed by atoms with E-state index < -0.39 is 17.9 Å². The lowest BCUT2D eigenvalue weighted by Gasteiger charge is -2.48. The monoisotopic (exact) mass is 627 g/mol. The fourth-order valence-corrected chi connectivity index (χ4v) is 8.72. The molecule has 0 heterocycles. The van der Waals surface area contributed by atoms with Gasteiger partial charge in [-0.1, -0.05) is 61.5 Å². The Hall–Kier alpha value is -4.71. The van der Waals surface area contributed by atoms with E-state index in [2.05, 4.69) is 17.9 Å². The van der Waals surface area contributed by atoms with Crippen molar-refractivity contribution in [1.29, 1.82) is 0 Å². The normalized spacial score (nSPS) is 23.6. The van der Waals surface area contributed by atoms with E-state index in [4.69, 9.17) is 4.74 Å². The topological polar surface area (TPSA) is 83.9 Å². The van der Waals surface area contributed by atoms with E-state index in [0.717, 1.165) is 49.9 Å². The van der Waals surface area contributed by atoms with Crippen LogP contribution in [0.3, 0.4) is 0 Å². The summed E-state index contributed by atoms with van der Waals surface area (Å²) < 4.78 is 5.82. The van der Waals surface area contributed by atoms with E-state index in [9.17, 15) is 19.5 Å². The summed E-state index contributed by atoms with van der Waals surface area (Å²) in [6.07, 6.45) is 6.14. The number of aliphatic carboxylic acids is 1. The Labute approximate surface area is 276 Å². The van der Waals surface area contributed by atoms with Crippen molar-refractivity contribution in [2.24, 2.45) is 17.3 Å². The van der Waals surface area contributed by atoms with Gasteiger partial charge >= 0.3 is 11.9 Å². The fourth-order valence-electron chi connectivity index (χ4n) is 8.72. The molecular formula is C41H41NO5. The van der Waals surface area contributed by atoms with E-state index >= 15 is 0 Å². The summed E-state index contributed by atoms with van der Waals surface area (Å²) in [5, 5.41) is 10.2. The van der Waals surface area contributed by atoms with Crippen molar-refractivity contribution in [3.05, 3.63) is 125 Å². The smallest absolute Gasteiger partial charge is 0.343 e. The number of ether oxygens (including phenoxy) is 1. The summed E-state index contributed by atoms with van der Waals surface area (Å²) in [4.78, 5) is 40.4. The number of ketones is 1. The molecule has 0 spiro atoms. The van der Waals surface area contributed by atoms with Gasteiger partial charge in [-0.05, 0) is 121 Å². The standard InChI is InChI=1S/C41H41NO5/c1-41-24-22-35-33-19-17-32(26-29(33)16-18-36(35)37(41)20-21-38(41)43)47-40(46)28-14-12-27(13-15-28)34(39(44)45)23-25-42(30-8-4-2-5-9-30)31-10-6-3-7-11-31/h2-15,17,19,26,34-37H,16,18,20-25H2,1H3,(H,44,45)/t34?,35-,36-,37+,41+/m1/s1. The predicted molar refractivity (Wildman–Crippen MR) is 182 cm³/mol. The third-order valence-corrected chi connectivity index (χ3v) is 11.2. The van der Waals surface area contributed by atoms with Gasteiger partial charge in [0.1, 0.15) is 11.5 Å². The van der Waals surface area contributed by atoms with Gasteiger partial charge in [0.2, 0.25) is 0 Å². The molecule has 1 N–H and O–H groups in total. The van der Waals surface area contributed by atoms with Crippen molar-refractivity contribution in [3.63, 3.8) is 0 Å². The zero-order valence-corrected chi connectivity index (χ0v) is 26.8. The molecule has 1 unspecified atom stereocenters. The van der Waals surface area contributed by atoms with Crippen LogP contribution < -0.4 is 9.64 Å². The van der Waals surface area contributed by atoms with E-state index in [0.29, 0.717) is 53.4 Å². The molecule has 6 nitrogen and oxygen atoms in total. The van der Waals surface area contributed by atoms with Crippen molar-refractivity contribution >= 4 is 29.1 Å². The average molecular weight is 628 g/mol. The third kappa shape index (κ3) is 5.97. The quantitative estimate of drug-likeness (QED) is 0.148. The van der Waals surface area contributed by atoms with Crippen LogP contribution in [0.5, 0.6) is 5.75 Å². The van der Waals surface area contributed by atoms with Gasteiger partial charge in [-0.15, -0.1) is 0 Å². The Bertz CT molecular complexity index is 1730. The van der Waals surface area contributed by atoms with Crippen LogP contribution in [-0.2, 0) is 16.0 Å². The number of carbonyl (C=O) groups excluding carboxylic acids is 2. The molecule has 0 saturated heterocycles. The molecule has 0 amide bonds. The second-order valence-corrected chi connectivity index (χ2v) is 13.7. The van der Waals surface area contributed by atoms with Gasteiger partial charge < -0.3 is 14.7 Å². The molecule has 47 heavy (non-hydrogen) atoms. The highest BCUT2D eigenvalue weighted by molar-refractivity contribution is 5.91. The molecule has 3 aliphatic rings. The molecule has 0 aliphatic heterocycles. The minimum atomic E-state index is -0.903. The van der Waals surface area contributed by atoms with Gasteiger partial charge in [0.05, 0.1) is 11.5 Å². The number of rotatable bonds is 9. The van der Waals surface area contributed by atoms with Crippen molar-refractivity contribution in [3.8, 4) is 5.75 Å². The highest BCUT2D eigenvalue weighted by Crippen LogP contribution is 2.59. The first-order chi connectivity index (χ1) is 22.8. The van der Waals surface area contributed by atoms with Crippen LogP contribution in [-0.4, -0.2) is 29.4 Å². The first-order valence-corrected chi connectivity index (χ1v) is 16.9. The van der Waals surface area contributed by atoms with E-state index in [-0.39, 0.29) is 5.41 Å². The molecule has 2 fully saturated rings. The van der Waals surface area contributed by atoms with Crippen LogP contribution >= 0.6 is 0 Å². The van der Waals surface area contributed by atoms with Crippen molar-refractivity contribution < 1.29 is 24.2 Å². The van der Waals surface area contributed by atoms with Crippen LogP contribution in [0.2, 0.25) is 0 Å². The number of carboxylic acid groups (broad SMARTS) is 1. The highest BCUT2D eigenvalue weighted by atomic mass is 16.5. The van der Waals surface area contributed by atoms with E-state index in [1.54, 1.807) is 24.3 Å². The van der Waals surface area contributed by atoms with Gasteiger partial charge in [-0.25, -0.2) is 4.79 Å². The number of hydrogen-bond donors (Lipinski definition) is 1. The van der Waals surface area contributed by atoms with Crippen molar-refractivity contribution in [2.75, 3.05) is 11.4 Å². The summed E-state index contributed by atoms with van der Waals surface area (Å²) in [5.41, 5.74) is 5.46. The van der Waals surface area contributed by atoms with Gasteiger partial charge in [-0.3, -0.25) is 9.59 Å². The lowest BCUT2D eigenvalue weighted by molar-refractivity contribution is -0.139. The molecule has 7 rings (SSSR count). The molecule has 4 aromatic rings. The van der Waals surface area contributed by atoms with Gasteiger partial charge in [-0.2, -0.15) is 0 Å². The molecule has 6 heteroatoms. The Kier molecular flexibility index (Phi) is 8.44. The summed E-state index contributed by atoms with van der Waals surface area (Å²) in [6, 6.07) is 32.7. The number of hydrogen-bond acceptors (Lipinski definition) is 5. The number of carbonyl (C=O) groups is 3. The van der Waals surface area contributed by atoms with Crippen molar-refractivity contribution in [1.82, 2.24) is 0 Å². The zero-order chi connectivity index (χ0) is 32.5. The Morgan fingerprint density at radius 2 is 1.55 bits per heavy atom. The number of nitrogens with zero attached hydrogens (tertiary/aromatic N) is 1. The molecule has 5 atom stereocenters. The van der Waals surface area contributed by atoms with E-state index in [1.165, 1.54) is 11.1 Å². The molecule has 0 aromatic heterocycles. The first kappa shape index (κ1) is 30.9. The van der Waals surface area contributed by atoms with Gasteiger partial charge in [0.25, 0.3) is 0 Å².